The number of hydrogen-bond acceptors (Lipinski definition) is 5. The van der Waals surface area contributed by atoms with E-state index in [0.717, 1.165) is 31.6 Å². The van der Waals surface area contributed by atoms with Gasteiger partial charge in [0.25, 0.3) is 0 Å². The summed E-state index contributed by atoms with van der Waals surface area (Å²) < 4.78 is 5.07. The number of ether oxygens (including phenoxy) is 1. The third kappa shape index (κ3) is 3.32. The van der Waals surface area contributed by atoms with Gasteiger partial charge in [-0.1, -0.05) is 30.3 Å². The number of rotatable bonds is 4. The number of aliphatic hydroxyl groups excluding tert-OH is 1. The fraction of sp³-hybridized carbons (Fsp3) is 0.588. The molecule has 5 nitrogen and oxygen atoms in total. The minimum atomic E-state index is -0.466. The Kier molecular flexibility index (Phi) is 4.76. The van der Waals surface area contributed by atoms with Crippen LogP contribution in [0.4, 0.5) is 0 Å². The summed E-state index contributed by atoms with van der Waals surface area (Å²) in [4.78, 5) is 16.2. The SMILES string of the molecule is C[C@@H]1CN([C@@H]2CCOC2=O)CCN1C[C@H](O)c1ccccc1. The van der Waals surface area contributed by atoms with Crippen LogP contribution in [-0.2, 0) is 9.53 Å². The Hall–Kier alpha value is -1.43. The van der Waals surface area contributed by atoms with Gasteiger partial charge in [0.1, 0.15) is 6.04 Å². The van der Waals surface area contributed by atoms with Crippen LogP contribution in [0.25, 0.3) is 0 Å². The molecule has 0 amide bonds. The lowest BCUT2D eigenvalue weighted by molar-refractivity contribution is -0.143. The molecule has 0 radical (unpaired) electrons. The topological polar surface area (TPSA) is 53.0 Å². The van der Waals surface area contributed by atoms with Gasteiger partial charge in [0.2, 0.25) is 0 Å². The number of nitrogens with zero attached hydrogens (tertiary/aromatic N) is 2. The quantitative estimate of drug-likeness (QED) is 0.843. The molecule has 2 aliphatic heterocycles. The van der Waals surface area contributed by atoms with Gasteiger partial charge >= 0.3 is 5.97 Å². The fourth-order valence-electron chi connectivity index (χ4n) is 3.40. The number of esters is 1. The minimum absolute atomic E-state index is 0.0661. The van der Waals surface area contributed by atoms with Crippen molar-refractivity contribution >= 4 is 5.97 Å². The van der Waals surface area contributed by atoms with Crippen LogP contribution in [0.2, 0.25) is 0 Å². The van der Waals surface area contributed by atoms with E-state index in [0.29, 0.717) is 19.2 Å². The van der Waals surface area contributed by atoms with Crippen molar-refractivity contribution in [3.05, 3.63) is 35.9 Å². The van der Waals surface area contributed by atoms with E-state index in [4.69, 9.17) is 4.74 Å². The largest absolute Gasteiger partial charge is 0.464 e. The van der Waals surface area contributed by atoms with Crippen LogP contribution in [0.15, 0.2) is 30.3 Å². The van der Waals surface area contributed by atoms with E-state index >= 15 is 0 Å². The van der Waals surface area contributed by atoms with Crippen molar-refractivity contribution < 1.29 is 14.6 Å². The lowest BCUT2D eigenvalue weighted by Gasteiger charge is -2.42. The molecule has 0 aromatic heterocycles. The predicted molar refractivity (Wildman–Crippen MR) is 83.4 cm³/mol. The Labute approximate surface area is 131 Å². The maximum absolute atomic E-state index is 11.7. The number of benzene rings is 1. The first-order valence-corrected chi connectivity index (χ1v) is 8.03. The van der Waals surface area contributed by atoms with Gasteiger partial charge in [0, 0.05) is 38.6 Å². The van der Waals surface area contributed by atoms with Gasteiger partial charge in [0.05, 0.1) is 12.7 Å². The van der Waals surface area contributed by atoms with Crippen molar-refractivity contribution in [3.63, 3.8) is 0 Å². The van der Waals surface area contributed by atoms with Crippen LogP contribution >= 0.6 is 0 Å². The second kappa shape index (κ2) is 6.77. The fourth-order valence-corrected chi connectivity index (χ4v) is 3.40. The molecule has 0 saturated carbocycles. The number of β-amino-alcohol motifs (C(OH)–C–C–N with tert-alkyl or cyclic N) is 1. The van der Waals surface area contributed by atoms with Gasteiger partial charge in [-0.05, 0) is 12.5 Å². The maximum Gasteiger partial charge on any atom is 0.323 e. The van der Waals surface area contributed by atoms with E-state index in [-0.39, 0.29) is 12.0 Å². The van der Waals surface area contributed by atoms with E-state index in [1.54, 1.807) is 0 Å². The molecule has 3 atom stereocenters. The van der Waals surface area contributed by atoms with Gasteiger partial charge < -0.3 is 9.84 Å². The van der Waals surface area contributed by atoms with Gasteiger partial charge in [0.15, 0.2) is 0 Å². The second-order valence-electron chi connectivity index (χ2n) is 6.24. The van der Waals surface area contributed by atoms with E-state index < -0.39 is 6.10 Å². The van der Waals surface area contributed by atoms with E-state index in [9.17, 15) is 9.90 Å². The molecule has 22 heavy (non-hydrogen) atoms. The molecule has 3 rings (SSSR count). The van der Waals surface area contributed by atoms with Crippen LogP contribution in [0, 0.1) is 0 Å². The monoisotopic (exact) mass is 304 g/mol. The van der Waals surface area contributed by atoms with Crippen molar-refractivity contribution in [1.29, 1.82) is 0 Å². The normalized spacial score (nSPS) is 28.5. The molecule has 2 aliphatic rings. The summed E-state index contributed by atoms with van der Waals surface area (Å²) in [5.74, 6) is -0.0787. The third-order valence-corrected chi connectivity index (χ3v) is 4.74. The summed E-state index contributed by atoms with van der Waals surface area (Å²) >= 11 is 0. The van der Waals surface area contributed by atoms with E-state index in [1.165, 1.54) is 0 Å². The summed E-state index contributed by atoms with van der Waals surface area (Å²) in [6.45, 7) is 5.91. The van der Waals surface area contributed by atoms with Gasteiger partial charge in [-0.25, -0.2) is 0 Å². The zero-order valence-corrected chi connectivity index (χ0v) is 13.0. The highest BCUT2D eigenvalue weighted by Gasteiger charge is 2.36. The molecular weight excluding hydrogens is 280 g/mol. The lowest BCUT2D eigenvalue weighted by Crippen LogP contribution is -2.56. The van der Waals surface area contributed by atoms with Gasteiger partial charge in [-0.3, -0.25) is 14.6 Å². The average Bonchev–Trinajstić information content (AvgIpc) is 2.96. The Morgan fingerprint density at radius 2 is 2.09 bits per heavy atom. The first kappa shape index (κ1) is 15.5. The Morgan fingerprint density at radius 1 is 1.32 bits per heavy atom. The lowest BCUT2D eigenvalue weighted by atomic mass is 10.1. The van der Waals surface area contributed by atoms with Crippen molar-refractivity contribution in [2.75, 3.05) is 32.8 Å². The Balaban J connectivity index is 1.55. The first-order chi connectivity index (χ1) is 10.6. The molecule has 0 aliphatic carbocycles. The standard InChI is InChI=1S/C17H24N2O3/c1-13-11-19(15-7-10-22-17(15)21)9-8-18(13)12-16(20)14-5-3-2-4-6-14/h2-6,13,15-16,20H,7-12H2,1H3/t13-,15-,16+/m1/s1. The number of cyclic esters (lactones) is 1. The Morgan fingerprint density at radius 3 is 2.73 bits per heavy atom. The molecule has 0 unspecified atom stereocenters. The molecule has 120 valence electrons. The van der Waals surface area contributed by atoms with Gasteiger partial charge in [-0.2, -0.15) is 0 Å². The number of piperazine rings is 1. The van der Waals surface area contributed by atoms with Crippen LogP contribution in [-0.4, -0.2) is 65.7 Å². The van der Waals surface area contributed by atoms with Crippen LogP contribution in [0.1, 0.15) is 25.0 Å². The smallest absolute Gasteiger partial charge is 0.323 e. The predicted octanol–water partition coefficient (Wildman–Crippen LogP) is 1.04. The molecule has 2 heterocycles. The molecule has 5 heteroatoms. The summed E-state index contributed by atoms with van der Waals surface area (Å²) in [5.41, 5.74) is 0.955. The summed E-state index contributed by atoms with van der Waals surface area (Å²) in [6, 6.07) is 10.0. The molecular formula is C17H24N2O3. The maximum atomic E-state index is 11.7. The number of aliphatic hydroxyl groups is 1. The number of hydrogen-bond donors (Lipinski definition) is 1. The summed E-state index contributed by atoms with van der Waals surface area (Å²) in [6.07, 6.45) is 0.338. The summed E-state index contributed by atoms with van der Waals surface area (Å²) in [7, 11) is 0. The first-order valence-electron chi connectivity index (χ1n) is 8.03. The zero-order chi connectivity index (χ0) is 15.5. The highest BCUT2D eigenvalue weighted by molar-refractivity contribution is 5.77. The zero-order valence-electron chi connectivity index (χ0n) is 13.0. The van der Waals surface area contributed by atoms with Crippen LogP contribution < -0.4 is 0 Å². The molecule has 1 N–H and O–H groups in total. The second-order valence-corrected chi connectivity index (χ2v) is 6.24. The van der Waals surface area contributed by atoms with Crippen LogP contribution in [0.5, 0.6) is 0 Å². The molecule has 1 aromatic rings. The Bertz CT molecular complexity index is 508. The molecule has 0 bridgehead atoms. The van der Waals surface area contributed by atoms with Crippen molar-refractivity contribution in [2.45, 2.75) is 31.5 Å². The number of carbonyl (C=O) groups excluding carboxylic acids is 1. The molecule has 1 aromatic carbocycles. The molecule has 0 spiro atoms. The highest BCUT2D eigenvalue weighted by atomic mass is 16.5. The van der Waals surface area contributed by atoms with Crippen LogP contribution in [0.3, 0.4) is 0 Å². The highest BCUT2D eigenvalue weighted by Crippen LogP contribution is 2.21. The minimum Gasteiger partial charge on any atom is -0.464 e. The van der Waals surface area contributed by atoms with Crippen molar-refractivity contribution in [3.8, 4) is 0 Å². The van der Waals surface area contributed by atoms with Crippen molar-refractivity contribution in [2.24, 2.45) is 0 Å². The molecule has 2 fully saturated rings. The number of carbonyl (C=O) groups is 1. The van der Waals surface area contributed by atoms with E-state index in [1.807, 2.05) is 30.3 Å². The summed E-state index contributed by atoms with van der Waals surface area (Å²) in [5, 5.41) is 10.4. The van der Waals surface area contributed by atoms with Crippen molar-refractivity contribution in [1.82, 2.24) is 9.80 Å². The average molecular weight is 304 g/mol. The molecule has 2 saturated heterocycles. The van der Waals surface area contributed by atoms with Gasteiger partial charge in [-0.15, -0.1) is 0 Å². The van der Waals surface area contributed by atoms with E-state index in [2.05, 4.69) is 16.7 Å². The third-order valence-electron chi connectivity index (χ3n) is 4.74.